The fourth-order valence-electron chi connectivity index (χ4n) is 6.95. The molecular formula is C49H48FN3O7S. The number of hydrogen-bond donors (Lipinski definition) is 2. The Morgan fingerprint density at radius 2 is 1.38 bits per heavy atom. The van der Waals surface area contributed by atoms with Crippen molar-refractivity contribution < 1.29 is 37.7 Å². The van der Waals surface area contributed by atoms with E-state index in [-0.39, 0.29) is 24.0 Å². The smallest absolute Gasteiger partial charge is 0.338 e. The van der Waals surface area contributed by atoms with E-state index in [0.717, 1.165) is 16.7 Å². The number of nitrogens with one attached hydrogen (secondary N) is 1. The number of amidine groups is 1. The Morgan fingerprint density at radius 1 is 0.869 bits per heavy atom. The van der Waals surface area contributed by atoms with Crippen LogP contribution in [-0.2, 0) is 19.8 Å². The summed E-state index contributed by atoms with van der Waals surface area (Å²) in [7, 11) is 4.96. The maximum absolute atomic E-state index is 16.1. The Kier molecular flexibility index (Phi) is 16.4. The average Bonchev–Trinajstić information content (AvgIpc) is 3.65. The number of esters is 1. The standard InChI is InChI=1S/C40H42FN3O6S.C9H6O/c1-44(37-30(23-25-51)26-39(41,50-37)27-49-38(46)29-10-6-4-7-11-29)24-22-36(42-28-45)43-40(31-12-8-5-9-13-31,32-14-18-34(47-2)19-15-32)33-16-20-35(48-3)21-17-33;1-2-9(10)8-6-4-3-5-7-8/h4-22,24,28,30,37,51H,23,25-27H2,1-3H3,(H,42,43,45);1,3-7H/b24-22-;/t30?,37?,39-;/m0./s1. The van der Waals surface area contributed by atoms with E-state index in [0.29, 0.717) is 41.2 Å². The third kappa shape index (κ3) is 11.8. The van der Waals surface area contributed by atoms with Gasteiger partial charge in [0.15, 0.2) is 6.61 Å². The van der Waals surface area contributed by atoms with E-state index in [4.69, 9.17) is 30.4 Å². The summed E-state index contributed by atoms with van der Waals surface area (Å²) in [6, 6.07) is 42.2. The first-order valence-electron chi connectivity index (χ1n) is 19.4. The number of halogens is 1. The molecule has 1 N–H and O–H groups in total. The van der Waals surface area contributed by atoms with E-state index in [1.165, 1.54) is 0 Å². The molecule has 1 aliphatic heterocycles. The summed E-state index contributed by atoms with van der Waals surface area (Å²) in [6.45, 7) is -0.555. The highest BCUT2D eigenvalue weighted by Crippen LogP contribution is 2.43. The number of ketones is 1. The first-order valence-corrected chi connectivity index (χ1v) is 20.0. The van der Waals surface area contributed by atoms with E-state index < -0.39 is 30.2 Å². The second-order valence-electron chi connectivity index (χ2n) is 13.9. The summed E-state index contributed by atoms with van der Waals surface area (Å²) in [6.07, 6.45) is 8.65. The predicted molar refractivity (Wildman–Crippen MR) is 237 cm³/mol. The molecule has 5 aromatic rings. The van der Waals surface area contributed by atoms with Crippen LogP contribution in [0.3, 0.4) is 0 Å². The molecule has 3 atom stereocenters. The van der Waals surface area contributed by atoms with Crippen LogP contribution in [0.1, 0.15) is 50.2 Å². The third-order valence-electron chi connectivity index (χ3n) is 9.97. The number of ether oxygens (including phenoxy) is 4. The highest BCUT2D eigenvalue weighted by Gasteiger charge is 2.49. The number of hydrogen-bond acceptors (Lipinski definition) is 10. The minimum Gasteiger partial charge on any atom is -0.497 e. The van der Waals surface area contributed by atoms with Gasteiger partial charge in [-0.1, -0.05) is 103 Å². The minimum absolute atomic E-state index is 0.0120. The number of Topliss-reactive ketones (excluding diaryl/α,β-unsaturated/α-hetero) is 1. The quantitative estimate of drug-likeness (QED) is 0.0117. The Hall–Kier alpha value is -6.68. The lowest BCUT2D eigenvalue weighted by molar-refractivity contribution is -0.184. The topological polar surface area (TPSA) is 116 Å². The fraction of sp³-hybridized carbons (Fsp3) is 0.224. The van der Waals surface area contributed by atoms with Crippen LogP contribution < -0.4 is 14.8 Å². The number of carbonyl (C=O) groups is 3. The second-order valence-corrected chi connectivity index (χ2v) is 14.4. The summed E-state index contributed by atoms with van der Waals surface area (Å²) in [5.74, 6) is 0.782. The van der Waals surface area contributed by atoms with Crippen molar-refractivity contribution in [2.45, 2.75) is 30.5 Å². The first kappa shape index (κ1) is 45.4. The van der Waals surface area contributed by atoms with Gasteiger partial charge < -0.3 is 29.2 Å². The molecule has 1 saturated heterocycles. The van der Waals surface area contributed by atoms with Gasteiger partial charge in [0.2, 0.25) is 18.0 Å². The van der Waals surface area contributed by atoms with Crippen molar-refractivity contribution in [3.8, 4) is 23.8 Å². The number of methoxy groups -OCH3 is 2. The van der Waals surface area contributed by atoms with Crippen LogP contribution in [0.15, 0.2) is 157 Å². The number of thiol groups is 1. The van der Waals surface area contributed by atoms with Gasteiger partial charge in [-0.3, -0.25) is 9.59 Å². The molecule has 1 heterocycles. The largest absolute Gasteiger partial charge is 0.497 e. The highest BCUT2D eigenvalue weighted by molar-refractivity contribution is 7.80. The Labute approximate surface area is 361 Å². The second kappa shape index (κ2) is 22.1. The van der Waals surface area contributed by atoms with Crippen LogP contribution in [-0.4, -0.2) is 74.6 Å². The first-order chi connectivity index (χ1) is 29.6. The number of terminal acetylenes is 1. The van der Waals surface area contributed by atoms with E-state index >= 15 is 4.39 Å². The van der Waals surface area contributed by atoms with E-state index in [1.54, 1.807) is 93.0 Å². The van der Waals surface area contributed by atoms with Gasteiger partial charge >= 0.3 is 5.97 Å². The molecule has 0 aromatic heterocycles. The molecule has 1 aliphatic rings. The Morgan fingerprint density at radius 3 is 1.87 bits per heavy atom. The van der Waals surface area contributed by atoms with Gasteiger partial charge in [-0.2, -0.15) is 12.6 Å². The molecule has 6 rings (SSSR count). The maximum atomic E-state index is 16.1. The molecule has 5 aromatic carbocycles. The normalized spacial score (nSPS) is 17.3. The van der Waals surface area contributed by atoms with Gasteiger partial charge in [-0.25, -0.2) is 14.2 Å². The van der Waals surface area contributed by atoms with Crippen molar-refractivity contribution in [3.05, 3.63) is 180 Å². The molecule has 1 fully saturated rings. The summed E-state index contributed by atoms with van der Waals surface area (Å²) in [5.41, 5.74) is 2.23. The SMILES string of the molecule is C#CC(=O)c1ccccc1.COc1ccc(C(N=C(/C=C\N(C)C2O[C@](F)(COC(=O)c3ccccc3)CC2CCS)NC=O)(c2ccccc2)c2ccc(OC)cc2)cc1. The van der Waals surface area contributed by atoms with Crippen LogP contribution in [0.5, 0.6) is 11.5 Å². The number of aliphatic imine (C=N–C) groups is 1. The number of rotatable bonds is 16. The monoisotopic (exact) mass is 841 g/mol. The molecule has 10 nitrogen and oxygen atoms in total. The van der Waals surface area contributed by atoms with E-state index in [1.807, 2.05) is 90.8 Å². The van der Waals surface area contributed by atoms with Crippen LogP contribution in [0, 0.1) is 18.3 Å². The van der Waals surface area contributed by atoms with Gasteiger partial charge in [-0.05, 0) is 77.3 Å². The van der Waals surface area contributed by atoms with Gasteiger partial charge in [0.25, 0.3) is 0 Å². The Bertz CT molecular complexity index is 2240. The van der Waals surface area contributed by atoms with Crippen molar-refractivity contribution in [1.82, 2.24) is 10.2 Å². The molecule has 0 saturated carbocycles. The lowest BCUT2D eigenvalue weighted by Crippen LogP contribution is -2.36. The van der Waals surface area contributed by atoms with Crippen LogP contribution in [0.4, 0.5) is 4.39 Å². The van der Waals surface area contributed by atoms with E-state index in [9.17, 15) is 14.4 Å². The predicted octanol–water partition coefficient (Wildman–Crippen LogP) is 8.29. The number of alkyl halides is 1. The molecule has 61 heavy (non-hydrogen) atoms. The molecule has 0 spiro atoms. The summed E-state index contributed by atoms with van der Waals surface area (Å²) in [5, 5.41) is 2.76. The lowest BCUT2D eigenvalue weighted by atomic mass is 9.77. The molecule has 0 radical (unpaired) electrons. The zero-order valence-corrected chi connectivity index (χ0v) is 35.0. The summed E-state index contributed by atoms with van der Waals surface area (Å²) >= 11 is 4.40. The molecule has 314 valence electrons. The third-order valence-corrected chi connectivity index (χ3v) is 10.2. The van der Waals surface area contributed by atoms with Crippen molar-refractivity contribution >= 4 is 36.6 Å². The fourth-order valence-corrected chi connectivity index (χ4v) is 7.28. The van der Waals surface area contributed by atoms with Crippen molar-refractivity contribution in [3.63, 3.8) is 0 Å². The summed E-state index contributed by atoms with van der Waals surface area (Å²) in [4.78, 5) is 42.4. The molecule has 0 bridgehead atoms. The number of benzene rings is 5. The van der Waals surface area contributed by atoms with Crippen molar-refractivity contribution in [2.75, 3.05) is 33.6 Å². The van der Waals surface area contributed by atoms with Gasteiger partial charge in [0, 0.05) is 31.1 Å². The molecule has 2 unspecified atom stereocenters. The van der Waals surface area contributed by atoms with Crippen LogP contribution >= 0.6 is 12.6 Å². The highest BCUT2D eigenvalue weighted by atomic mass is 32.1. The zero-order chi connectivity index (χ0) is 43.7. The van der Waals surface area contributed by atoms with Crippen molar-refractivity contribution in [1.29, 1.82) is 0 Å². The lowest BCUT2D eigenvalue weighted by Gasteiger charge is -2.33. The molecule has 12 heteroatoms. The summed E-state index contributed by atoms with van der Waals surface area (Å²) < 4.78 is 38.3. The Balaban J connectivity index is 0.000000617. The number of carbonyl (C=O) groups excluding carboxylic acids is 3. The molecule has 0 aliphatic carbocycles. The number of amides is 1. The van der Waals surface area contributed by atoms with Crippen LogP contribution in [0.25, 0.3) is 0 Å². The maximum Gasteiger partial charge on any atom is 0.338 e. The van der Waals surface area contributed by atoms with Gasteiger partial charge in [-0.15, -0.1) is 6.42 Å². The zero-order valence-electron chi connectivity index (χ0n) is 34.1. The number of nitrogens with zero attached hydrogens (tertiary/aromatic N) is 2. The minimum atomic E-state index is -2.20. The van der Waals surface area contributed by atoms with Crippen LogP contribution in [0.2, 0.25) is 0 Å². The van der Waals surface area contributed by atoms with Gasteiger partial charge in [0.1, 0.15) is 29.1 Å². The molecule has 1 amide bonds. The van der Waals surface area contributed by atoms with Crippen molar-refractivity contribution in [2.24, 2.45) is 10.9 Å². The van der Waals surface area contributed by atoms with Gasteiger partial charge in [0.05, 0.1) is 19.8 Å². The van der Waals surface area contributed by atoms with E-state index in [2.05, 4.69) is 17.9 Å². The average molecular weight is 842 g/mol. The molecular weight excluding hydrogens is 794 g/mol.